The van der Waals surface area contributed by atoms with Crippen LogP contribution < -0.4 is 4.18 Å². The zero-order valence-corrected chi connectivity index (χ0v) is 8.21. The van der Waals surface area contributed by atoms with Crippen molar-refractivity contribution in [3.8, 4) is 5.75 Å². The number of hydrogen-bond donors (Lipinski definition) is 1. The molecule has 0 aromatic heterocycles. The summed E-state index contributed by atoms with van der Waals surface area (Å²) in [7, 11) is -4.66. The lowest BCUT2D eigenvalue weighted by molar-refractivity contribution is 0.376. The number of halogens is 1. The highest BCUT2D eigenvalue weighted by Crippen LogP contribution is 2.21. The quantitative estimate of drug-likeness (QED) is 0.785. The van der Waals surface area contributed by atoms with Gasteiger partial charge < -0.3 is 4.18 Å². The van der Waals surface area contributed by atoms with Crippen molar-refractivity contribution in [3.63, 3.8) is 0 Å². The molecule has 0 heterocycles. The van der Waals surface area contributed by atoms with Crippen LogP contribution >= 0.6 is 0 Å². The number of rotatable bonds is 3. The smallest absolute Gasteiger partial charge is 0.359 e. The molecule has 78 valence electrons. The van der Waals surface area contributed by atoms with Crippen molar-refractivity contribution in [2.45, 2.75) is 13.3 Å². The number of benzene rings is 1. The van der Waals surface area contributed by atoms with Gasteiger partial charge in [0, 0.05) is 0 Å². The molecule has 1 aromatic rings. The first-order valence-corrected chi connectivity index (χ1v) is 5.25. The maximum Gasteiger partial charge on any atom is 0.446 e. The SMILES string of the molecule is CCc1cccc(OS(=O)(=O)O)c1F. The van der Waals surface area contributed by atoms with Crippen molar-refractivity contribution in [1.29, 1.82) is 0 Å². The van der Waals surface area contributed by atoms with E-state index in [1.165, 1.54) is 12.1 Å². The summed E-state index contributed by atoms with van der Waals surface area (Å²) >= 11 is 0. The average Bonchev–Trinajstić information content (AvgIpc) is 2.06. The van der Waals surface area contributed by atoms with Crippen LogP contribution in [0.4, 0.5) is 4.39 Å². The van der Waals surface area contributed by atoms with Crippen LogP contribution in [0.3, 0.4) is 0 Å². The standard InChI is InChI=1S/C8H9FO4S/c1-2-6-4-3-5-7(8(6)9)13-14(10,11)12/h3-5H,2H2,1H3,(H,10,11,12). The third-order valence-corrected chi connectivity index (χ3v) is 2.01. The Kier molecular flexibility index (Phi) is 3.07. The molecule has 4 nitrogen and oxygen atoms in total. The maximum atomic E-state index is 13.3. The molecule has 1 N–H and O–H groups in total. The molecule has 0 aliphatic carbocycles. The molecule has 0 saturated carbocycles. The second kappa shape index (κ2) is 3.93. The lowest BCUT2D eigenvalue weighted by Gasteiger charge is -2.05. The van der Waals surface area contributed by atoms with E-state index in [1.807, 2.05) is 0 Å². The van der Waals surface area contributed by atoms with Crippen LogP contribution in [0.1, 0.15) is 12.5 Å². The van der Waals surface area contributed by atoms with Gasteiger partial charge in [0.15, 0.2) is 11.6 Å². The van der Waals surface area contributed by atoms with Gasteiger partial charge in [-0.1, -0.05) is 19.1 Å². The Labute approximate surface area is 81.3 Å². The molecule has 0 aliphatic heterocycles. The highest BCUT2D eigenvalue weighted by molar-refractivity contribution is 7.81. The van der Waals surface area contributed by atoms with E-state index in [0.717, 1.165) is 6.07 Å². The molecule has 0 atom stereocenters. The van der Waals surface area contributed by atoms with Gasteiger partial charge in [-0.05, 0) is 18.1 Å². The topological polar surface area (TPSA) is 63.6 Å². The van der Waals surface area contributed by atoms with Crippen molar-refractivity contribution in [2.24, 2.45) is 0 Å². The molecule has 1 rings (SSSR count). The lowest BCUT2D eigenvalue weighted by Crippen LogP contribution is -2.08. The van der Waals surface area contributed by atoms with E-state index in [2.05, 4.69) is 4.18 Å². The fraction of sp³-hybridized carbons (Fsp3) is 0.250. The summed E-state index contributed by atoms with van der Waals surface area (Å²) in [6, 6.07) is 4.08. The molecule has 0 aliphatic rings. The van der Waals surface area contributed by atoms with Crippen molar-refractivity contribution < 1.29 is 21.5 Å². The number of hydrogen-bond acceptors (Lipinski definition) is 3. The Morgan fingerprint density at radius 1 is 1.50 bits per heavy atom. The van der Waals surface area contributed by atoms with E-state index in [-0.39, 0.29) is 0 Å². The summed E-state index contributed by atoms with van der Waals surface area (Å²) in [6.45, 7) is 1.72. The molecule has 0 unspecified atom stereocenters. The van der Waals surface area contributed by atoms with Crippen LogP contribution in [0.2, 0.25) is 0 Å². The molecular weight excluding hydrogens is 211 g/mol. The highest BCUT2D eigenvalue weighted by atomic mass is 32.3. The summed E-state index contributed by atoms with van der Waals surface area (Å²) < 4.78 is 46.3. The van der Waals surface area contributed by atoms with Crippen LogP contribution in [-0.2, 0) is 16.8 Å². The molecule has 14 heavy (non-hydrogen) atoms. The molecule has 0 bridgehead atoms. The summed E-state index contributed by atoms with van der Waals surface area (Å²) in [5.41, 5.74) is 0.325. The van der Waals surface area contributed by atoms with Gasteiger partial charge in [-0.25, -0.2) is 4.39 Å². The van der Waals surface area contributed by atoms with Gasteiger partial charge in [0.25, 0.3) is 0 Å². The first-order chi connectivity index (χ1) is 6.44. The van der Waals surface area contributed by atoms with Crippen LogP contribution in [0, 0.1) is 5.82 Å². The minimum Gasteiger partial charge on any atom is -0.359 e. The number of aryl methyl sites for hydroxylation is 1. The molecule has 0 spiro atoms. The van der Waals surface area contributed by atoms with E-state index in [9.17, 15) is 12.8 Å². The van der Waals surface area contributed by atoms with Gasteiger partial charge in [0.2, 0.25) is 0 Å². The molecule has 0 radical (unpaired) electrons. The summed E-state index contributed by atoms with van der Waals surface area (Å²) in [4.78, 5) is 0. The predicted octanol–water partition coefficient (Wildman–Crippen LogP) is 1.57. The van der Waals surface area contributed by atoms with Crippen molar-refractivity contribution >= 4 is 10.4 Å². The second-order valence-corrected chi connectivity index (χ2v) is 3.62. The predicted molar refractivity (Wildman–Crippen MR) is 48.0 cm³/mol. The summed E-state index contributed by atoms with van der Waals surface area (Å²) in [5, 5.41) is 0. The lowest BCUT2D eigenvalue weighted by atomic mass is 10.1. The molecule has 6 heteroatoms. The second-order valence-electron chi connectivity index (χ2n) is 2.59. The Morgan fingerprint density at radius 3 is 2.64 bits per heavy atom. The van der Waals surface area contributed by atoms with Gasteiger partial charge in [-0.2, -0.15) is 8.42 Å². The third kappa shape index (κ3) is 2.68. The monoisotopic (exact) mass is 220 g/mol. The summed E-state index contributed by atoms with van der Waals surface area (Å²) in [5.74, 6) is -1.26. The minimum atomic E-state index is -4.66. The molecule has 0 amide bonds. The van der Waals surface area contributed by atoms with E-state index in [4.69, 9.17) is 4.55 Å². The zero-order valence-electron chi connectivity index (χ0n) is 7.40. The molecular formula is C8H9FO4S. The fourth-order valence-corrected chi connectivity index (χ4v) is 1.36. The normalized spacial score (nSPS) is 11.4. The van der Waals surface area contributed by atoms with Crippen LogP contribution in [0.5, 0.6) is 5.75 Å². The van der Waals surface area contributed by atoms with Gasteiger partial charge in [-0.15, -0.1) is 0 Å². The first kappa shape index (κ1) is 10.9. The van der Waals surface area contributed by atoms with Gasteiger partial charge in [-0.3, -0.25) is 4.55 Å². The van der Waals surface area contributed by atoms with E-state index >= 15 is 0 Å². The Bertz CT molecular complexity index is 427. The largest absolute Gasteiger partial charge is 0.446 e. The fourth-order valence-electron chi connectivity index (χ4n) is 1.01. The third-order valence-electron chi connectivity index (χ3n) is 1.62. The molecule has 0 fully saturated rings. The van der Waals surface area contributed by atoms with E-state index in [1.54, 1.807) is 6.92 Å². The van der Waals surface area contributed by atoms with Crippen LogP contribution in [-0.4, -0.2) is 13.0 Å². The highest BCUT2D eigenvalue weighted by Gasteiger charge is 2.13. The average molecular weight is 220 g/mol. The zero-order chi connectivity index (χ0) is 10.8. The first-order valence-electron chi connectivity index (χ1n) is 3.88. The Balaban J connectivity index is 3.10. The maximum absolute atomic E-state index is 13.3. The van der Waals surface area contributed by atoms with Crippen LogP contribution in [0.15, 0.2) is 18.2 Å². The van der Waals surface area contributed by atoms with Gasteiger partial charge in [0.05, 0.1) is 0 Å². The van der Waals surface area contributed by atoms with Gasteiger partial charge in [0.1, 0.15) is 0 Å². The molecule has 0 saturated heterocycles. The van der Waals surface area contributed by atoms with Gasteiger partial charge >= 0.3 is 10.4 Å². The van der Waals surface area contributed by atoms with Crippen molar-refractivity contribution in [1.82, 2.24) is 0 Å². The van der Waals surface area contributed by atoms with E-state index < -0.39 is 22.0 Å². The van der Waals surface area contributed by atoms with Crippen molar-refractivity contribution in [2.75, 3.05) is 0 Å². The molecule has 1 aromatic carbocycles. The Morgan fingerprint density at radius 2 is 2.14 bits per heavy atom. The minimum absolute atomic E-state index is 0.325. The van der Waals surface area contributed by atoms with E-state index in [0.29, 0.717) is 12.0 Å². The Hall–Kier alpha value is -1.14. The van der Waals surface area contributed by atoms with Crippen molar-refractivity contribution in [3.05, 3.63) is 29.6 Å². The van der Waals surface area contributed by atoms with Crippen LogP contribution in [0.25, 0.3) is 0 Å². The summed E-state index contributed by atoms with van der Waals surface area (Å²) in [6.07, 6.45) is 0.411.